The lowest BCUT2D eigenvalue weighted by molar-refractivity contribution is -0.112. The van der Waals surface area contributed by atoms with Crippen LogP contribution in [0.15, 0.2) is 29.8 Å². The first-order valence-corrected chi connectivity index (χ1v) is 9.63. The third-order valence-electron chi connectivity index (χ3n) is 3.81. The van der Waals surface area contributed by atoms with E-state index in [2.05, 4.69) is 5.32 Å². The molecule has 29 heavy (non-hydrogen) atoms. The maximum absolute atomic E-state index is 12.6. The Hall–Kier alpha value is -3.62. The molecule has 0 saturated carbocycles. The lowest BCUT2D eigenvalue weighted by atomic mass is 10.1. The van der Waals surface area contributed by atoms with Crippen molar-refractivity contribution in [1.29, 1.82) is 10.5 Å². The lowest BCUT2D eigenvalue weighted by Crippen LogP contribution is -2.13. The largest absolute Gasteiger partial charge is 0.494 e. The number of esters is 1. The number of nitriles is 2. The Morgan fingerprint density at radius 3 is 2.41 bits per heavy atom. The Labute approximate surface area is 172 Å². The van der Waals surface area contributed by atoms with Gasteiger partial charge in [0.15, 0.2) is 0 Å². The van der Waals surface area contributed by atoms with Crippen molar-refractivity contribution >= 4 is 34.3 Å². The number of carbonyl (C=O) groups is 2. The molecule has 0 atom stereocenters. The van der Waals surface area contributed by atoms with Crippen LogP contribution in [0, 0.1) is 29.6 Å². The zero-order chi connectivity index (χ0) is 21.4. The molecule has 0 unspecified atom stereocenters. The van der Waals surface area contributed by atoms with Crippen molar-refractivity contribution in [2.75, 3.05) is 18.5 Å². The molecule has 0 fully saturated rings. The molecule has 2 aromatic rings. The summed E-state index contributed by atoms with van der Waals surface area (Å²) in [6.07, 6.45) is 1.43. The molecule has 0 saturated heterocycles. The molecule has 0 aliphatic rings. The highest BCUT2D eigenvalue weighted by Crippen LogP contribution is 2.33. The minimum atomic E-state index is -0.672. The third kappa shape index (κ3) is 5.22. The summed E-state index contributed by atoms with van der Waals surface area (Å²) in [4.78, 5) is 24.8. The van der Waals surface area contributed by atoms with Gasteiger partial charge in [0.2, 0.25) is 0 Å². The van der Waals surface area contributed by atoms with E-state index in [0.717, 1.165) is 11.3 Å². The average molecular weight is 409 g/mol. The van der Waals surface area contributed by atoms with Crippen LogP contribution in [0.3, 0.4) is 0 Å². The predicted octanol–water partition coefficient (Wildman–Crippen LogP) is 4.05. The van der Waals surface area contributed by atoms with E-state index >= 15 is 0 Å². The quantitative estimate of drug-likeness (QED) is 0.419. The molecule has 0 aliphatic heterocycles. The zero-order valence-corrected chi connectivity index (χ0v) is 17.1. The van der Waals surface area contributed by atoms with Crippen LogP contribution in [0.1, 0.15) is 40.2 Å². The van der Waals surface area contributed by atoms with Crippen molar-refractivity contribution in [3.63, 3.8) is 0 Å². The van der Waals surface area contributed by atoms with Gasteiger partial charge in [0.25, 0.3) is 5.91 Å². The topological polar surface area (TPSA) is 112 Å². The minimum Gasteiger partial charge on any atom is -0.494 e. The number of amides is 1. The summed E-state index contributed by atoms with van der Waals surface area (Å²) < 4.78 is 10.3. The fraction of sp³-hybridized carbons (Fsp3) is 0.238. The van der Waals surface area contributed by atoms with E-state index < -0.39 is 11.9 Å². The van der Waals surface area contributed by atoms with Gasteiger partial charge in [-0.1, -0.05) is 12.1 Å². The summed E-state index contributed by atoms with van der Waals surface area (Å²) in [6.45, 7) is 5.90. The second-order valence-electron chi connectivity index (χ2n) is 5.72. The number of carbonyl (C=O) groups excluding carboxylic acids is 2. The molecular formula is C21H19N3O4S. The second-order valence-corrected chi connectivity index (χ2v) is 6.74. The molecule has 148 valence electrons. The van der Waals surface area contributed by atoms with Gasteiger partial charge in [-0.25, -0.2) is 4.79 Å². The monoisotopic (exact) mass is 409 g/mol. The van der Waals surface area contributed by atoms with Gasteiger partial charge in [-0.2, -0.15) is 10.5 Å². The zero-order valence-electron chi connectivity index (χ0n) is 16.2. The van der Waals surface area contributed by atoms with Gasteiger partial charge < -0.3 is 14.8 Å². The van der Waals surface area contributed by atoms with Crippen molar-refractivity contribution in [2.24, 2.45) is 0 Å². The van der Waals surface area contributed by atoms with Crippen molar-refractivity contribution < 1.29 is 19.1 Å². The number of ether oxygens (including phenoxy) is 2. The van der Waals surface area contributed by atoms with Crippen LogP contribution in [0.5, 0.6) is 5.75 Å². The first kappa shape index (κ1) is 21.7. The van der Waals surface area contributed by atoms with Crippen molar-refractivity contribution in [2.45, 2.75) is 20.8 Å². The van der Waals surface area contributed by atoms with E-state index in [0.29, 0.717) is 23.5 Å². The van der Waals surface area contributed by atoms with Gasteiger partial charge in [0.1, 0.15) is 33.3 Å². The van der Waals surface area contributed by atoms with E-state index in [4.69, 9.17) is 9.47 Å². The number of rotatable bonds is 7. The van der Waals surface area contributed by atoms with Crippen LogP contribution in [0.25, 0.3) is 6.08 Å². The summed E-state index contributed by atoms with van der Waals surface area (Å²) in [5.41, 5.74) is 1.11. The van der Waals surface area contributed by atoms with Crippen LogP contribution in [0.2, 0.25) is 0 Å². The summed E-state index contributed by atoms with van der Waals surface area (Å²) in [5.74, 6) is -0.543. The number of thiophene rings is 1. The van der Waals surface area contributed by atoms with Crippen molar-refractivity contribution in [3.8, 4) is 17.9 Å². The number of anilines is 1. The van der Waals surface area contributed by atoms with Gasteiger partial charge in [-0.3, -0.25) is 4.79 Å². The fourth-order valence-electron chi connectivity index (χ4n) is 2.44. The molecule has 1 heterocycles. The summed E-state index contributed by atoms with van der Waals surface area (Å²) in [5, 5.41) is 21.5. The highest BCUT2D eigenvalue weighted by molar-refractivity contribution is 7.18. The van der Waals surface area contributed by atoms with Crippen LogP contribution in [0.4, 0.5) is 5.00 Å². The molecule has 8 heteroatoms. The molecule has 7 nitrogen and oxygen atoms in total. The Morgan fingerprint density at radius 2 is 1.86 bits per heavy atom. The first-order valence-electron chi connectivity index (χ1n) is 8.81. The summed E-state index contributed by atoms with van der Waals surface area (Å²) >= 11 is 0.947. The van der Waals surface area contributed by atoms with Crippen LogP contribution in [-0.4, -0.2) is 25.1 Å². The number of nitrogens with one attached hydrogen (secondary N) is 1. The minimum absolute atomic E-state index is 0.137. The molecule has 1 N–H and O–H groups in total. The fourth-order valence-corrected chi connectivity index (χ4v) is 3.49. The number of hydrogen-bond acceptors (Lipinski definition) is 7. The van der Waals surface area contributed by atoms with Gasteiger partial charge in [-0.15, -0.1) is 11.3 Å². The predicted molar refractivity (Wildman–Crippen MR) is 110 cm³/mol. The lowest BCUT2D eigenvalue weighted by Gasteiger charge is -2.04. The standard InChI is InChI=1S/C21H19N3O4S/c1-4-27-16-8-6-14(7-9-16)10-15(11-22)19(25)24-20-17(12-23)13(3)18(29-20)21(26)28-5-2/h6-10H,4-5H2,1-3H3,(H,24,25)/b15-10+. The van der Waals surface area contributed by atoms with Crippen LogP contribution < -0.4 is 10.1 Å². The smallest absolute Gasteiger partial charge is 0.348 e. The van der Waals surface area contributed by atoms with E-state index in [1.54, 1.807) is 38.1 Å². The molecule has 0 bridgehead atoms. The molecular weight excluding hydrogens is 390 g/mol. The molecule has 1 aromatic carbocycles. The van der Waals surface area contributed by atoms with Crippen molar-refractivity contribution in [1.82, 2.24) is 0 Å². The maximum atomic E-state index is 12.6. The molecule has 0 radical (unpaired) electrons. The highest BCUT2D eigenvalue weighted by Gasteiger charge is 2.23. The normalized spacial score (nSPS) is 10.6. The number of benzene rings is 1. The second kappa shape index (κ2) is 10.1. The first-order chi connectivity index (χ1) is 13.9. The summed E-state index contributed by atoms with van der Waals surface area (Å²) in [6, 6.07) is 10.8. The van der Waals surface area contributed by atoms with Crippen LogP contribution >= 0.6 is 11.3 Å². The van der Waals surface area contributed by atoms with Crippen molar-refractivity contribution in [3.05, 3.63) is 51.4 Å². The highest BCUT2D eigenvalue weighted by atomic mass is 32.1. The van der Waals surface area contributed by atoms with Gasteiger partial charge in [-0.05, 0) is 50.1 Å². The van der Waals surface area contributed by atoms with E-state index in [1.807, 2.05) is 19.1 Å². The Kier molecular flexibility index (Phi) is 7.53. The van der Waals surface area contributed by atoms with Crippen LogP contribution in [-0.2, 0) is 9.53 Å². The number of nitrogens with zero attached hydrogens (tertiary/aromatic N) is 2. The van der Waals surface area contributed by atoms with Gasteiger partial charge in [0, 0.05) is 0 Å². The SMILES string of the molecule is CCOC(=O)c1sc(NC(=O)/C(C#N)=C/c2ccc(OCC)cc2)c(C#N)c1C. The maximum Gasteiger partial charge on any atom is 0.348 e. The summed E-state index contributed by atoms with van der Waals surface area (Å²) in [7, 11) is 0. The molecule has 2 rings (SSSR count). The van der Waals surface area contributed by atoms with E-state index in [1.165, 1.54) is 6.08 Å². The molecule has 1 aromatic heterocycles. The Bertz CT molecular complexity index is 1020. The Morgan fingerprint density at radius 1 is 1.17 bits per heavy atom. The van der Waals surface area contributed by atoms with Gasteiger partial charge >= 0.3 is 5.97 Å². The molecule has 0 aliphatic carbocycles. The Balaban J connectivity index is 2.27. The molecule has 0 spiro atoms. The number of hydrogen-bond donors (Lipinski definition) is 1. The molecule has 1 amide bonds. The van der Waals surface area contributed by atoms with E-state index in [9.17, 15) is 20.1 Å². The average Bonchev–Trinajstić information content (AvgIpc) is 3.02. The van der Waals surface area contributed by atoms with E-state index in [-0.39, 0.29) is 27.6 Å². The third-order valence-corrected chi connectivity index (χ3v) is 5.00. The van der Waals surface area contributed by atoms with Gasteiger partial charge in [0.05, 0.1) is 18.8 Å².